The van der Waals surface area contributed by atoms with E-state index in [-0.39, 0.29) is 23.4 Å². The van der Waals surface area contributed by atoms with Gasteiger partial charge in [0, 0.05) is 25.5 Å². The molecule has 1 aromatic carbocycles. The molecule has 2 aromatic heterocycles. The number of aliphatic hydroxyl groups excluding tert-OH is 1. The van der Waals surface area contributed by atoms with Gasteiger partial charge < -0.3 is 23.7 Å². The number of Topliss-reactive ketones (excluding diaryl/α,β-unsaturated/α-hetero) is 1. The lowest BCUT2D eigenvalue weighted by molar-refractivity contribution is -0.140. The van der Waals surface area contributed by atoms with Gasteiger partial charge in [0.25, 0.3) is 11.7 Å². The fraction of sp³-hybridized carbons (Fsp3) is 0.227. The summed E-state index contributed by atoms with van der Waals surface area (Å²) in [5, 5.41) is 11.0. The van der Waals surface area contributed by atoms with Crippen molar-refractivity contribution in [3.8, 4) is 5.75 Å². The first kappa shape index (κ1) is 20.4. The Balaban J connectivity index is 1.74. The van der Waals surface area contributed by atoms with Crippen molar-refractivity contribution in [2.45, 2.75) is 19.0 Å². The number of methoxy groups -OCH3 is 1. The van der Waals surface area contributed by atoms with E-state index in [0.717, 1.165) is 6.07 Å². The molecule has 0 radical (unpaired) electrons. The van der Waals surface area contributed by atoms with Crippen LogP contribution in [0, 0.1) is 5.82 Å². The van der Waals surface area contributed by atoms with Gasteiger partial charge in [0.05, 0.1) is 30.8 Å². The minimum absolute atomic E-state index is 0.0181. The molecule has 0 bridgehead atoms. The van der Waals surface area contributed by atoms with Gasteiger partial charge in [-0.3, -0.25) is 9.59 Å². The van der Waals surface area contributed by atoms with Gasteiger partial charge in [0.2, 0.25) is 0 Å². The van der Waals surface area contributed by atoms with Gasteiger partial charge in [-0.05, 0) is 36.8 Å². The molecule has 31 heavy (non-hydrogen) atoms. The van der Waals surface area contributed by atoms with Gasteiger partial charge in [-0.15, -0.1) is 0 Å². The van der Waals surface area contributed by atoms with E-state index in [1.165, 1.54) is 30.4 Å². The molecule has 3 aromatic rings. The lowest BCUT2D eigenvalue weighted by atomic mass is 9.98. The number of carbonyl (C=O) groups excluding carboxylic acids is 2. The summed E-state index contributed by atoms with van der Waals surface area (Å²) in [7, 11) is 1.36. The Morgan fingerprint density at radius 3 is 2.81 bits per heavy atom. The Kier molecular flexibility index (Phi) is 5.57. The number of nitrogens with zero attached hydrogens (tertiary/aromatic N) is 3. The van der Waals surface area contributed by atoms with Crippen molar-refractivity contribution in [3.63, 3.8) is 0 Å². The smallest absolute Gasteiger partial charge is 0.295 e. The Morgan fingerprint density at radius 2 is 2.13 bits per heavy atom. The number of benzene rings is 1. The summed E-state index contributed by atoms with van der Waals surface area (Å²) in [5.41, 5.74) is -0.193. The van der Waals surface area contributed by atoms with Crippen molar-refractivity contribution < 1.29 is 28.2 Å². The molecule has 0 aliphatic carbocycles. The topological polar surface area (TPSA) is 97.8 Å². The van der Waals surface area contributed by atoms with Crippen molar-refractivity contribution >= 4 is 17.4 Å². The van der Waals surface area contributed by atoms with E-state index in [2.05, 4.69) is 4.98 Å². The van der Waals surface area contributed by atoms with E-state index in [4.69, 9.17) is 9.15 Å². The lowest BCUT2D eigenvalue weighted by Crippen LogP contribution is -2.31. The molecule has 0 spiro atoms. The quantitative estimate of drug-likeness (QED) is 0.355. The van der Waals surface area contributed by atoms with Crippen LogP contribution in [0.25, 0.3) is 5.76 Å². The zero-order chi connectivity index (χ0) is 22.0. The molecule has 1 N–H and O–H groups in total. The van der Waals surface area contributed by atoms with Gasteiger partial charge in [0.15, 0.2) is 0 Å². The summed E-state index contributed by atoms with van der Waals surface area (Å²) < 4.78 is 26.4. The predicted molar refractivity (Wildman–Crippen MR) is 108 cm³/mol. The van der Waals surface area contributed by atoms with E-state index in [0.29, 0.717) is 18.7 Å². The van der Waals surface area contributed by atoms with E-state index in [9.17, 15) is 19.1 Å². The van der Waals surface area contributed by atoms with Crippen molar-refractivity contribution in [1.82, 2.24) is 14.5 Å². The third kappa shape index (κ3) is 3.81. The zero-order valence-corrected chi connectivity index (χ0v) is 16.7. The fourth-order valence-electron chi connectivity index (χ4n) is 3.71. The number of furan rings is 1. The molecule has 160 valence electrons. The Labute approximate surface area is 177 Å². The Bertz CT molecular complexity index is 1120. The molecule has 4 rings (SSSR count). The summed E-state index contributed by atoms with van der Waals surface area (Å²) in [6.45, 7) is 0.830. The number of carbonyl (C=O) groups is 2. The largest absolute Gasteiger partial charge is 0.507 e. The van der Waals surface area contributed by atoms with Crippen LogP contribution in [0.4, 0.5) is 4.39 Å². The van der Waals surface area contributed by atoms with Crippen molar-refractivity contribution in [2.24, 2.45) is 0 Å². The summed E-state index contributed by atoms with van der Waals surface area (Å²) in [4.78, 5) is 31.1. The second-order valence-electron chi connectivity index (χ2n) is 7.01. The van der Waals surface area contributed by atoms with Gasteiger partial charge in [0.1, 0.15) is 29.1 Å². The van der Waals surface area contributed by atoms with Crippen LogP contribution in [-0.2, 0) is 16.1 Å². The molecule has 1 aliphatic heterocycles. The molecule has 1 amide bonds. The van der Waals surface area contributed by atoms with Crippen molar-refractivity contribution in [2.75, 3.05) is 13.7 Å². The van der Waals surface area contributed by atoms with Crippen LogP contribution in [-0.4, -0.2) is 44.9 Å². The minimum atomic E-state index is -0.939. The molecule has 1 saturated heterocycles. The molecule has 9 heteroatoms. The van der Waals surface area contributed by atoms with Crippen LogP contribution >= 0.6 is 0 Å². The van der Waals surface area contributed by atoms with Crippen LogP contribution in [0.5, 0.6) is 5.75 Å². The average Bonchev–Trinajstić information content (AvgIpc) is 3.52. The lowest BCUT2D eigenvalue weighted by Gasteiger charge is -2.23. The number of rotatable bonds is 7. The number of halogens is 1. The van der Waals surface area contributed by atoms with Gasteiger partial charge in [-0.1, -0.05) is 0 Å². The summed E-state index contributed by atoms with van der Waals surface area (Å²) in [6.07, 6.45) is 7.08. The summed E-state index contributed by atoms with van der Waals surface area (Å²) in [5.74, 6) is -2.28. The van der Waals surface area contributed by atoms with Crippen LogP contribution in [0.15, 0.2) is 65.3 Å². The maximum absolute atomic E-state index is 13.9. The average molecular weight is 425 g/mol. The molecular formula is C22H20FN3O5. The van der Waals surface area contributed by atoms with E-state index in [1.54, 1.807) is 30.9 Å². The van der Waals surface area contributed by atoms with Crippen LogP contribution < -0.4 is 4.74 Å². The van der Waals surface area contributed by atoms with Gasteiger partial charge in [-0.25, -0.2) is 9.37 Å². The number of aromatic nitrogens is 2. The third-order valence-electron chi connectivity index (χ3n) is 5.14. The number of aliphatic hydroxyl groups is 1. The van der Waals surface area contributed by atoms with Gasteiger partial charge in [-0.2, -0.15) is 0 Å². The van der Waals surface area contributed by atoms with Gasteiger partial charge >= 0.3 is 0 Å². The number of hydrogen-bond donors (Lipinski definition) is 1. The van der Waals surface area contributed by atoms with Crippen LogP contribution in [0.3, 0.4) is 0 Å². The number of amides is 1. The number of hydrogen-bond acceptors (Lipinski definition) is 6. The number of likely N-dealkylation sites (tertiary alicyclic amines) is 1. The maximum Gasteiger partial charge on any atom is 0.295 e. The Hall–Kier alpha value is -3.88. The standard InChI is InChI=1S/C22H20FN3O5/c1-30-16-6-5-14(23)12-15(16)20(27)18-19(17-4-2-11-31-17)26(22(29)21(18)28)9-3-8-25-10-7-24-13-25/h2,4-7,10-13,19,27H,3,8-9H2,1H3/b20-18+/t19-/m0/s1. The highest BCUT2D eigenvalue weighted by molar-refractivity contribution is 6.46. The Morgan fingerprint density at radius 1 is 1.29 bits per heavy atom. The number of ether oxygens (including phenoxy) is 1. The van der Waals surface area contributed by atoms with E-state index in [1.807, 2.05) is 4.57 Å². The monoisotopic (exact) mass is 425 g/mol. The second kappa shape index (κ2) is 8.47. The maximum atomic E-state index is 13.9. The highest BCUT2D eigenvalue weighted by Crippen LogP contribution is 2.41. The number of aryl methyl sites for hydroxylation is 1. The highest BCUT2D eigenvalue weighted by atomic mass is 19.1. The fourth-order valence-corrected chi connectivity index (χ4v) is 3.71. The first-order chi connectivity index (χ1) is 15.0. The van der Waals surface area contributed by atoms with E-state index >= 15 is 0 Å². The van der Waals surface area contributed by atoms with Crippen molar-refractivity contribution in [1.29, 1.82) is 0 Å². The molecule has 0 saturated carbocycles. The third-order valence-corrected chi connectivity index (χ3v) is 5.14. The van der Waals surface area contributed by atoms with Crippen LogP contribution in [0.2, 0.25) is 0 Å². The molecule has 3 heterocycles. The zero-order valence-electron chi connectivity index (χ0n) is 16.7. The minimum Gasteiger partial charge on any atom is -0.507 e. The summed E-state index contributed by atoms with van der Waals surface area (Å²) in [6, 6.07) is 5.88. The first-order valence-electron chi connectivity index (χ1n) is 9.62. The number of ketones is 1. The first-order valence-corrected chi connectivity index (χ1v) is 9.62. The molecule has 8 nitrogen and oxygen atoms in total. The second-order valence-corrected chi connectivity index (χ2v) is 7.01. The molecule has 1 aliphatic rings. The molecule has 1 fully saturated rings. The van der Waals surface area contributed by atoms with Crippen molar-refractivity contribution in [3.05, 3.63) is 78.0 Å². The normalized spacial score (nSPS) is 18.0. The molecular weight excluding hydrogens is 405 g/mol. The predicted octanol–water partition coefficient (Wildman–Crippen LogP) is 3.14. The molecule has 1 atom stereocenters. The van der Waals surface area contributed by atoms with Crippen LogP contribution in [0.1, 0.15) is 23.8 Å². The SMILES string of the molecule is COc1ccc(F)cc1/C(O)=C1\C(=O)C(=O)N(CCCn2ccnc2)[C@H]1c1ccco1. The number of imidazole rings is 1. The molecule has 0 unspecified atom stereocenters. The summed E-state index contributed by atoms with van der Waals surface area (Å²) >= 11 is 0. The highest BCUT2D eigenvalue weighted by Gasteiger charge is 2.47. The van der Waals surface area contributed by atoms with E-state index < -0.39 is 29.3 Å².